The molecule has 0 aromatic rings. The minimum atomic E-state index is 0.635. The molecule has 2 unspecified atom stereocenters. The fraction of sp³-hybridized carbons (Fsp3) is 1.00. The number of nitrogens with zero attached hydrogens (tertiary/aromatic N) is 1. The molecule has 102 valence electrons. The van der Waals surface area contributed by atoms with E-state index in [2.05, 4.69) is 31.0 Å². The minimum Gasteiger partial charge on any atom is -0.384 e. The standard InChI is InChI=1S/C14H30N2O/c1-5-7-15-14(12(2)3)10-16-8-6-13(9-16)11-17-4/h12-15H,5-11H2,1-4H3. The smallest absolute Gasteiger partial charge is 0.0503 e. The van der Waals surface area contributed by atoms with E-state index in [1.165, 1.54) is 32.5 Å². The Labute approximate surface area is 107 Å². The zero-order chi connectivity index (χ0) is 12.7. The quantitative estimate of drug-likeness (QED) is 0.704. The van der Waals surface area contributed by atoms with Gasteiger partial charge in [-0.05, 0) is 37.8 Å². The van der Waals surface area contributed by atoms with E-state index in [1.807, 2.05) is 7.11 Å². The van der Waals surface area contributed by atoms with Crippen LogP contribution in [0.5, 0.6) is 0 Å². The van der Waals surface area contributed by atoms with Crippen molar-refractivity contribution in [2.75, 3.05) is 39.9 Å². The summed E-state index contributed by atoms with van der Waals surface area (Å²) in [4.78, 5) is 2.59. The highest BCUT2D eigenvalue weighted by Crippen LogP contribution is 2.17. The second kappa shape index (κ2) is 8.06. The largest absolute Gasteiger partial charge is 0.384 e. The van der Waals surface area contributed by atoms with Crippen LogP contribution in [0.15, 0.2) is 0 Å². The maximum atomic E-state index is 5.25. The number of hydrogen-bond donors (Lipinski definition) is 1. The van der Waals surface area contributed by atoms with Gasteiger partial charge in [-0.25, -0.2) is 0 Å². The number of nitrogens with one attached hydrogen (secondary N) is 1. The molecule has 0 spiro atoms. The normalized spacial score (nSPS) is 23.5. The molecule has 0 aromatic carbocycles. The molecular formula is C14H30N2O. The average molecular weight is 242 g/mol. The molecule has 2 atom stereocenters. The van der Waals surface area contributed by atoms with Crippen LogP contribution in [0.4, 0.5) is 0 Å². The van der Waals surface area contributed by atoms with Crippen molar-refractivity contribution in [1.82, 2.24) is 10.2 Å². The first-order valence-electron chi connectivity index (χ1n) is 7.12. The topological polar surface area (TPSA) is 24.5 Å². The number of methoxy groups -OCH3 is 1. The van der Waals surface area contributed by atoms with Gasteiger partial charge in [0.15, 0.2) is 0 Å². The summed E-state index contributed by atoms with van der Waals surface area (Å²) in [6.07, 6.45) is 2.52. The SMILES string of the molecule is CCCNC(CN1CCC(COC)C1)C(C)C. The van der Waals surface area contributed by atoms with Gasteiger partial charge in [-0.3, -0.25) is 0 Å². The molecule has 1 rings (SSSR count). The summed E-state index contributed by atoms with van der Waals surface area (Å²) in [5.41, 5.74) is 0. The van der Waals surface area contributed by atoms with E-state index in [0.29, 0.717) is 12.0 Å². The van der Waals surface area contributed by atoms with Crippen molar-refractivity contribution in [1.29, 1.82) is 0 Å². The van der Waals surface area contributed by atoms with E-state index in [1.54, 1.807) is 0 Å². The van der Waals surface area contributed by atoms with Crippen molar-refractivity contribution in [2.24, 2.45) is 11.8 Å². The van der Waals surface area contributed by atoms with Crippen LogP contribution in [0, 0.1) is 11.8 Å². The molecule has 1 N–H and O–H groups in total. The summed E-state index contributed by atoms with van der Waals surface area (Å²) < 4.78 is 5.25. The fourth-order valence-electron chi connectivity index (χ4n) is 2.57. The van der Waals surface area contributed by atoms with Gasteiger partial charge in [0.25, 0.3) is 0 Å². The van der Waals surface area contributed by atoms with Crippen molar-refractivity contribution in [2.45, 2.75) is 39.7 Å². The van der Waals surface area contributed by atoms with Crippen LogP contribution in [-0.4, -0.2) is 50.8 Å². The van der Waals surface area contributed by atoms with Crippen molar-refractivity contribution in [3.8, 4) is 0 Å². The Morgan fingerprint density at radius 1 is 1.41 bits per heavy atom. The highest BCUT2D eigenvalue weighted by atomic mass is 16.5. The van der Waals surface area contributed by atoms with Gasteiger partial charge in [0.2, 0.25) is 0 Å². The number of rotatable bonds is 8. The van der Waals surface area contributed by atoms with E-state index in [0.717, 1.165) is 19.1 Å². The Balaban J connectivity index is 2.30. The third-order valence-corrected chi connectivity index (χ3v) is 3.69. The molecule has 0 amide bonds. The summed E-state index contributed by atoms with van der Waals surface area (Å²) in [6.45, 7) is 12.6. The number of hydrogen-bond acceptors (Lipinski definition) is 3. The summed E-state index contributed by atoms with van der Waals surface area (Å²) in [5, 5.41) is 3.67. The molecule has 1 aliphatic heterocycles. The van der Waals surface area contributed by atoms with Crippen LogP contribution in [0.1, 0.15) is 33.6 Å². The summed E-state index contributed by atoms with van der Waals surface area (Å²) in [6, 6.07) is 0.635. The molecule has 0 radical (unpaired) electrons. The second-order valence-corrected chi connectivity index (χ2v) is 5.67. The molecule has 1 saturated heterocycles. The maximum Gasteiger partial charge on any atom is 0.0503 e. The Bertz CT molecular complexity index is 197. The monoisotopic (exact) mass is 242 g/mol. The van der Waals surface area contributed by atoms with Crippen LogP contribution < -0.4 is 5.32 Å². The molecule has 1 fully saturated rings. The molecule has 1 heterocycles. The van der Waals surface area contributed by atoms with Crippen molar-refractivity contribution in [3.63, 3.8) is 0 Å². The first-order valence-corrected chi connectivity index (χ1v) is 7.12. The Hall–Kier alpha value is -0.120. The highest BCUT2D eigenvalue weighted by Gasteiger charge is 2.25. The molecule has 0 aromatic heterocycles. The third-order valence-electron chi connectivity index (χ3n) is 3.69. The van der Waals surface area contributed by atoms with Gasteiger partial charge in [0.1, 0.15) is 0 Å². The van der Waals surface area contributed by atoms with E-state index in [-0.39, 0.29) is 0 Å². The van der Waals surface area contributed by atoms with Crippen LogP contribution in [0.2, 0.25) is 0 Å². The van der Waals surface area contributed by atoms with Crippen LogP contribution in [0.3, 0.4) is 0 Å². The Morgan fingerprint density at radius 2 is 2.18 bits per heavy atom. The summed E-state index contributed by atoms with van der Waals surface area (Å²) in [5.74, 6) is 1.46. The Kier molecular flexibility index (Phi) is 7.09. The molecule has 17 heavy (non-hydrogen) atoms. The number of likely N-dealkylation sites (tertiary alicyclic amines) is 1. The molecular weight excluding hydrogens is 212 g/mol. The van der Waals surface area contributed by atoms with E-state index < -0.39 is 0 Å². The predicted octanol–water partition coefficient (Wildman–Crippen LogP) is 1.98. The number of ether oxygens (including phenoxy) is 1. The summed E-state index contributed by atoms with van der Waals surface area (Å²) >= 11 is 0. The minimum absolute atomic E-state index is 0.635. The molecule has 3 heteroatoms. The van der Waals surface area contributed by atoms with E-state index in [4.69, 9.17) is 4.74 Å². The molecule has 0 saturated carbocycles. The van der Waals surface area contributed by atoms with Crippen molar-refractivity contribution >= 4 is 0 Å². The zero-order valence-corrected chi connectivity index (χ0v) is 12.0. The van der Waals surface area contributed by atoms with Gasteiger partial charge in [-0.1, -0.05) is 20.8 Å². The van der Waals surface area contributed by atoms with Gasteiger partial charge in [0.05, 0.1) is 6.61 Å². The Morgan fingerprint density at radius 3 is 2.76 bits per heavy atom. The van der Waals surface area contributed by atoms with Gasteiger partial charge in [0, 0.05) is 26.2 Å². The third kappa shape index (κ3) is 5.36. The van der Waals surface area contributed by atoms with E-state index >= 15 is 0 Å². The first kappa shape index (κ1) is 14.9. The predicted molar refractivity (Wildman–Crippen MR) is 73.3 cm³/mol. The lowest BCUT2D eigenvalue weighted by atomic mass is 10.0. The second-order valence-electron chi connectivity index (χ2n) is 5.67. The lowest BCUT2D eigenvalue weighted by molar-refractivity contribution is 0.150. The molecule has 3 nitrogen and oxygen atoms in total. The molecule has 0 aliphatic carbocycles. The van der Waals surface area contributed by atoms with Crippen LogP contribution in [0.25, 0.3) is 0 Å². The van der Waals surface area contributed by atoms with Crippen LogP contribution >= 0.6 is 0 Å². The average Bonchev–Trinajstić information content (AvgIpc) is 2.72. The van der Waals surface area contributed by atoms with Crippen molar-refractivity contribution < 1.29 is 4.74 Å². The van der Waals surface area contributed by atoms with Crippen molar-refractivity contribution in [3.05, 3.63) is 0 Å². The highest BCUT2D eigenvalue weighted by molar-refractivity contribution is 4.81. The molecule has 0 bridgehead atoms. The van der Waals surface area contributed by atoms with E-state index in [9.17, 15) is 0 Å². The van der Waals surface area contributed by atoms with Gasteiger partial charge in [-0.2, -0.15) is 0 Å². The molecule has 1 aliphatic rings. The lowest BCUT2D eigenvalue weighted by Crippen LogP contribution is -2.44. The zero-order valence-electron chi connectivity index (χ0n) is 12.0. The van der Waals surface area contributed by atoms with Gasteiger partial charge < -0.3 is 15.0 Å². The fourth-order valence-corrected chi connectivity index (χ4v) is 2.57. The van der Waals surface area contributed by atoms with Crippen LogP contribution in [-0.2, 0) is 4.74 Å². The van der Waals surface area contributed by atoms with Gasteiger partial charge >= 0.3 is 0 Å². The lowest BCUT2D eigenvalue weighted by Gasteiger charge is -2.27. The first-order chi connectivity index (χ1) is 8.17. The maximum absolute atomic E-state index is 5.25. The summed E-state index contributed by atoms with van der Waals surface area (Å²) in [7, 11) is 1.81. The van der Waals surface area contributed by atoms with Gasteiger partial charge in [-0.15, -0.1) is 0 Å².